The van der Waals surface area contributed by atoms with Crippen LogP contribution in [0.3, 0.4) is 0 Å². The van der Waals surface area contributed by atoms with Crippen molar-refractivity contribution in [3.63, 3.8) is 0 Å². The van der Waals surface area contributed by atoms with Crippen molar-refractivity contribution >= 4 is 28.8 Å². The molecule has 2 aromatic rings. The van der Waals surface area contributed by atoms with E-state index in [0.717, 1.165) is 17.7 Å². The minimum atomic E-state index is -4.50. The van der Waals surface area contributed by atoms with E-state index in [0.29, 0.717) is 28.9 Å². The lowest BCUT2D eigenvalue weighted by atomic mass is 9.85. The van der Waals surface area contributed by atoms with E-state index in [9.17, 15) is 22.8 Å². The Hall–Kier alpha value is -3.33. The monoisotopic (exact) mass is 458 g/mol. The largest absolute Gasteiger partial charge is 0.481 e. The van der Waals surface area contributed by atoms with Crippen molar-refractivity contribution in [2.75, 3.05) is 23.8 Å². The highest BCUT2D eigenvalue weighted by molar-refractivity contribution is 6.08. The smallest absolute Gasteiger partial charge is 0.416 e. The topological polar surface area (TPSA) is 76.7 Å². The zero-order valence-corrected chi connectivity index (χ0v) is 17.9. The van der Waals surface area contributed by atoms with E-state index in [1.54, 1.807) is 18.2 Å². The van der Waals surface area contributed by atoms with Crippen LogP contribution in [-0.2, 0) is 25.9 Å². The molecule has 0 atom stereocenters. The Morgan fingerprint density at radius 3 is 2.58 bits per heavy atom. The number of amides is 2. The number of carbonyl (C=O) groups excluding carboxylic acids is 2. The summed E-state index contributed by atoms with van der Waals surface area (Å²) < 4.78 is 50.6. The van der Waals surface area contributed by atoms with E-state index in [-0.39, 0.29) is 24.9 Å². The average molecular weight is 458 g/mol. The van der Waals surface area contributed by atoms with E-state index in [4.69, 9.17) is 9.47 Å². The Kier molecular flexibility index (Phi) is 4.62. The second kappa shape index (κ2) is 7.08. The van der Waals surface area contributed by atoms with Crippen LogP contribution in [0, 0.1) is 0 Å². The molecule has 0 aromatic heterocycles. The van der Waals surface area contributed by atoms with E-state index in [1.165, 1.54) is 12.1 Å². The first-order chi connectivity index (χ1) is 15.5. The summed E-state index contributed by atoms with van der Waals surface area (Å²) in [5.41, 5.74) is 0.750. The molecule has 0 unspecified atom stereocenters. The normalized spacial score (nSPS) is 21.0. The molecule has 1 saturated heterocycles. The standard InChI is InChI=1S/C24H21F3N2O4/c1-22(2)17-6-4-15(9-18(17)29-21(22)31)28-20(30)7-13-10-23(11-32-12-23)33-19-8-14(24(25,26)27)3-5-16(13)19/h3-9H,10-12H2,1-2H3,(H,28,30)(H,29,31). The molecule has 0 aliphatic carbocycles. The van der Waals surface area contributed by atoms with Gasteiger partial charge in [0, 0.05) is 29.4 Å². The predicted octanol–water partition coefficient (Wildman–Crippen LogP) is 4.51. The summed E-state index contributed by atoms with van der Waals surface area (Å²) in [6.07, 6.45) is -2.78. The molecular formula is C24H21F3N2O4. The fraction of sp³-hybridized carbons (Fsp3) is 0.333. The molecule has 0 saturated carbocycles. The van der Waals surface area contributed by atoms with Crippen molar-refractivity contribution in [3.05, 3.63) is 59.2 Å². The van der Waals surface area contributed by atoms with Crippen LogP contribution in [0.4, 0.5) is 24.5 Å². The Labute approximate surface area is 187 Å². The molecule has 2 N–H and O–H groups in total. The molecule has 3 heterocycles. The van der Waals surface area contributed by atoms with Crippen LogP contribution >= 0.6 is 0 Å². The number of hydrogen-bond donors (Lipinski definition) is 2. The lowest BCUT2D eigenvalue weighted by Gasteiger charge is -2.45. The second-order valence-corrected chi connectivity index (χ2v) is 9.16. The lowest BCUT2D eigenvalue weighted by Crippen LogP contribution is -2.55. The molecule has 9 heteroatoms. The van der Waals surface area contributed by atoms with Gasteiger partial charge >= 0.3 is 6.18 Å². The van der Waals surface area contributed by atoms with Crippen LogP contribution in [0.25, 0.3) is 5.57 Å². The van der Waals surface area contributed by atoms with Gasteiger partial charge in [-0.1, -0.05) is 12.1 Å². The summed E-state index contributed by atoms with van der Waals surface area (Å²) in [6.45, 7) is 4.12. The van der Waals surface area contributed by atoms with Crippen molar-refractivity contribution in [3.8, 4) is 5.75 Å². The first kappa shape index (κ1) is 21.5. The maximum Gasteiger partial charge on any atom is 0.416 e. The first-order valence-electron chi connectivity index (χ1n) is 10.4. The highest BCUT2D eigenvalue weighted by Gasteiger charge is 2.46. The van der Waals surface area contributed by atoms with E-state index < -0.39 is 28.7 Å². The Morgan fingerprint density at radius 2 is 1.91 bits per heavy atom. The van der Waals surface area contributed by atoms with Gasteiger partial charge in [0.25, 0.3) is 0 Å². The molecular weight excluding hydrogens is 437 g/mol. The maximum atomic E-state index is 13.2. The fourth-order valence-corrected chi connectivity index (χ4v) is 4.39. The van der Waals surface area contributed by atoms with Gasteiger partial charge in [0.05, 0.1) is 24.2 Å². The number of halogens is 3. The SMILES string of the molecule is CC1(C)C(=O)Nc2cc(NC(=O)C=C3CC4(COC4)Oc4cc(C(F)(F)F)ccc43)ccc21. The molecule has 1 fully saturated rings. The lowest BCUT2D eigenvalue weighted by molar-refractivity contribution is -0.161. The minimum absolute atomic E-state index is 0.0842. The number of fused-ring (bicyclic) bond motifs is 2. The van der Waals surface area contributed by atoms with E-state index in [2.05, 4.69) is 10.6 Å². The molecule has 6 nitrogen and oxygen atoms in total. The zero-order valence-electron chi connectivity index (χ0n) is 17.9. The van der Waals surface area contributed by atoms with Crippen LogP contribution in [0.5, 0.6) is 5.75 Å². The molecule has 33 heavy (non-hydrogen) atoms. The second-order valence-electron chi connectivity index (χ2n) is 9.16. The van der Waals surface area contributed by atoms with Crippen LogP contribution in [0.1, 0.15) is 37.0 Å². The first-order valence-corrected chi connectivity index (χ1v) is 10.4. The van der Waals surface area contributed by atoms with Crippen molar-refractivity contribution in [2.24, 2.45) is 0 Å². The van der Waals surface area contributed by atoms with Crippen LogP contribution in [0.15, 0.2) is 42.5 Å². The average Bonchev–Trinajstić information content (AvgIpc) is 2.93. The van der Waals surface area contributed by atoms with Gasteiger partial charge in [0.15, 0.2) is 5.60 Å². The third-order valence-corrected chi connectivity index (χ3v) is 6.31. The molecule has 2 amide bonds. The molecule has 2 aromatic carbocycles. The Bertz CT molecular complexity index is 1210. The summed E-state index contributed by atoms with van der Waals surface area (Å²) in [4.78, 5) is 24.9. The summed E-state index contributed by atoms with van der Waals surface area (Å²) in [5.74, 6) is -0.467. The zero-order chi connectivity index (χ0) is 23.6. The summed E-state index contributed by atoms with van der Waals surface area (Å²) in [7, 11) is 0. The number of rotatable bonds is 2. The molecule has 3 aliphatic heterocycles. The van der Waals surface area contributed by atoms with Crippen molar-refractivity contribution in [1.82, 2.24) is 0 Å². The van der Waals surface area contributed by atoms with E-state index >= 15 is 0 Å². The Morgan fingerprint density at radius 1 is 1.15 bits per heavy atom. The third-order valence-electron chi connectivity index (χ3n) is 6.31. The number of alkyl halides is 3. The maximum absolute atomic E-state index is 13.2. The number of ether oxygens (including phenoxy) is 2. The molecule has 3 aliphatic rings. The predicted molar refractivity (Wildman–Crippen MR) is 115 cm³/mol. The van der Waals surface area contributed by atoms with Crippen molar-refractivity contribution in [1.29, 1.82) is 0 Å². The van der Waals surface area contributed by atoms with Gasteiger partial charge in [-0.2, -0.15) is 13.2 Å². The molecule has 172 valence electrons. The van der Waals surface area contributed by atoms with Gasteiger partial charge in [-0.05, 0) is 49.2 Å². The van der Waals surface area contributed by atoms with Crippen LogP contribution in [-0.4, -0.2) is 30.6 Å². The number of hydrogen-bond acceptors (Lipinski definition) is 4. The highest BCUT2D eigenvalue weighted by Crippen LogP contribution is 2.45. The van der Waals surface area contributed by atoms with Gasteiger partial charge in [0.1, 0.15) is 5.75 Å². The number of anilines is 2. The summed E-state index contributed by atoms with van der Waals surface area (Å²) >= 11 is 0. The van der Waals surface area contributed by atoms with E-state index in [1.807, 2.05) is 13.8 Å². The molecule has 0 bridgehead atoms. The van der Waals surface area contributed by atoms with Gasteiger partial charge in [-0.15, -0.1) is 0 Å². The minimum Gasteiger partial charge on any atom is -0.481 e. The third kappa shape index (κ3) is 3.66. The summed E-state index contributed by atoms with van der Waals surface area (Å²) in [6, 6.07) is 8.47. The number of nitrogens with one attached hydrogen (secondary N) is 2. The van der Waals surface area contributed by atoms with Crippen molar-refractivity contribution < 1.29 is 32.2 Å². The van der Waals surface area contributed by atoms with Crippen LogP contribution < -0.4 is 15.4 Å². The molecule has 1 spiro atoms. The van der Waals surface area contributed by atoms with Gasteiger partial charge in [-0.25, -0.2) is 0 Å². The number of carbonyl (C=O) groups is 2. The van der Waals surface area contributed by atoms with Crippen LogP contribution in [0.2, 0.25) is 0 Å². The quantitative estimate of drug-likeness (QED) is 0.650. The van der Waals surface area contributed by atoms with Gasteiger partial charge < -0.3 is 20.1 Å². The van der Waals surface area contributed by atoms with Gasteiger partial charge in [0.2, 0.25) is 11.8 Å². The molecule has 5 rings (SSSR count). The number of benzene rings is 2. The summed E-state index contributed by atoms with van der Waals surface area (Å²) in [5, 5.41) is 5.58. The van der Waals surface area contributed by atoms with Crippen molar-refractivity contribution in [2.45, 2.75) is 37.5 Å². The highest BCUT2D eigenvalue weighted by atomic mass is 19.4. The fourth-order valence-electron chi connectivity index (χ4n) is 4.39. The molecule has 0 radical (unpaired) electrons. The Balaban J connectivity index is 1.43. The van der Waals surface area contributed by atoms with Gasteiger partial charge in [-0.3, -0.25) is 9.59 Å².